The SMILES string of the molecule is CCCCCCCCC1CCC2C3CC=C4CC(OC(=O)CCC5CCCCC5)CCC4(C)C3CCC12C. The number of fused-ring (bicyclic) bond motifs is 5. The number of ether oxygens (including phenoxy) is 1. The van der Waals surface area contributed by atoms with Crippen LogP contribution in [-0.2, 0) is 9.53 Å². The van der Waals surface area contributed by atoms with Crippen LogP contribution in [0.5, 0.6) is 0 Å². The second-order valence-electron chi connectivity index (χ2n) is 15.0. The summed E-state index contributed by atoms with van der Waals surface area (Å²) in [5.74, 6) is 4.51. The van der Waals surface area contributed by atoms with Gasteiger partial charge in [-0.1, -0.05) is 103 Å². The lowest BCUT2D eigenvalue weighted by Gasteiger charge is -2.58. The minimum atomic E-state index is 0.0780. The summed E-state index contributed by atoms with van der Waals surface area (Å²) in [7, 11) is 0. The van der Waals surface area contributed by atoms with E-state index >= 15 is 0 Å². The third-order valence-electron chi connectivity index (χ3n) is 12.9. The van der Waals surface area contributed by atoms with Crippen LogP contribution in [0.3, 0.4) is 0 Å². The first-order chi connectivity index (χ1) is 18.4. The van der Waals surface area contributed by atoms with Gasteiger partial charge in [-0.2, -0.15) is 0 Å². The highest BCUT2D eigenvalue weighted by atomic mass is 16.5. The third-order valence-corrected chi connectivity index (χ3v) is 12.9. The number of allylic oxidation sites excluding steroid dienone is 1. The molecule has 0 amide bonds. The lowest BCUT2D eigenvalue weighted by atomic mass is 9.47. The van der Waals surface area contributed by atoms with Gasteiger partial charge in [-0.05, 0) is 98.2 Å². The maximum Gasteiger partial charge on any atom is 0.306 e. The van der Waals surface area contributed by atoms with E-state index in [1.165, 1.54) is 116 Å². The van der Waals surface area contributed by atoms with Gasteiger partial charge in [0.2, 0.25) is 0 Å². The molecule has 0 N–H and O–H groups in total. The molecule has 5 rings (SSSR count). The number of esters is 1. The zero-order valence-corrected chi connectivity index (χ0v) is 25.4. The molecule has 0 bridgehead atoms. The Morgan fingerprint density at radius 1 is 0.868 bits per heavy atom. The Morgan fingerprint density at radius 2 is 1.66 bits per heavy atom. The molecule has 2 nitrogen and oxygen atoms in total. The fourth-order valence-corrected chi connectivity index (χ4v) is 10.5. The number of hydrogen-bond donors (Lipinski definition) is 0. The van der Waals surface area contributed by atoms with Crippen LogP contribution in [0, 0.1) is 40.4 Å². The summed E-state index contributed by atoms with van der Waals surface area (Å²) in [6, 6.07) is 0. The molecule has 4 fully saturated rings. The van der Waals surface area contributed by atoms with Crippen LogP contribution < -0.4 is 0 Å². The van der Waals surface area contributed by atoms with Gasteiger partial charge in [0.25, 0.3) is 0 Å². The van der Waals surface area contributed by atoms with E-state index in [2.05, 4.69) is 26.8 Å². The highest BCUT2D eigenvalue weighted by Gasteiger charge is 2.58. The van der Waals surface area contributed by atoms with E-state index in [0.29, 0.717) is 17.3 Å². The molecule has 0 radical (unpaired) electrons. The summed E-state index contributed by atoms with van der Waals surface area (Å²) in [4.78, 5) is 12.7. The largest absolute Gasteiger partial charge is 0.462 e. The summed E-state index contributed by atoms with van der Waals surface area (Å²) in [6.45, 7) is 7.62. The monoisotopic (exact) mass is 524 g/mol. The van der Waals surface area contributed by atoms with Crippen molar-refractivity contribution in [3.8, 4) is 0 Å². The molecule has 7 unspecified atom stereocenters. The van der Waals surface area contributed by atoms with Gasteiger partial charge in [0.15, 0.2) is 0 Å². The van der Waals surface area contributed by atoms with Crippen molar-refractivity contribution in [3.63, 3.8) is 0 Å². The van der Waals surface area contributed by atoms with E-state index in [9.17, 15) is 4.79 Å². The van der Waals surface area contributed by atoms with E-state index in [0.717, 1.165) is 48.9 Å². The Hall–Kier alpha value is -0.790. The number of unbranched alkanes of at least 4 members (excludes halogenated alkanes) is 5. The van der Waals surface area contributed by atoms with E-state index in [1.807, 2.05) is 0 Å². The Morgan fingerprint density at radius 3 is 2.47 bits per heavy atom. The first-order valence-electron chi connectivity index (χ1n) is 17.3. The van der Waals surface area contributed by atoms with Crippen LogP contribution in [0.25, 0.3) is 0 Å². The molecule has 5 aliphatic rings. The molecule has 0 aliphatic heterocycles. The highest BCUT2D eigenvalue weighted by Crippen LogP contribution is 2.66. The van der Waals surface area contributed by atoms with Crippen molar-refractivity contribution in [2.45, 2.75) is 168 Å². The molecule has 4 saturated carbocycles. The molecule has 5 aliphatic carbocycles. The zero-order valence-electron chi connectivity index (χ0n) is 25.4. The standard InChI is InChI=1S/C36H60O2/c1-4-5-6-7-8-12-15-28-18-20-32-31-19-17-29-26-30(38-34(37)21-16-27-13-10-9-11-14-27)22-24-36(29,3)33(31)23-25-35(28,32)2/h17,27-28,30-33H,4-16,18-26H2,1-3H3. The molecule has 2 heteroatoms. The average Bonchev–Trinajstić information content (AvgIpc) is 3.26. The molecule has 0 aromatic rings. The average molecular weight is 525 g/mol. The maximum absolute atomic E-state index is 12.7. The van der Waals surface area contributed by atoms with Crippen LogP contribution in [0.15, 0.2) is 11.6 Å². The van der Waals surface area contributed by atoms with Crippen LogP contribution in [-0.4, -0.2) is 12.1 Å². The van der Waals surface area contributed by atoms with Gasteiger partial charge in [-0.15, -0.1) is 0 Å². The minimum absolute atomic E-state index is 0.0780. The Kier molecular flexibility index (Phi) is 9.68. The summed E-state index contributed by atoms with van der Waals surface area (Å²) in [5, 5.41) is 0. The van der Waals surface area contributed by atoms with Crippen molar-refractivity contribution in [2.24, 2.45) is 40.4 Å². The number of carbonyl (C=O) groups excluding carboxylic acids is 1. The molecule has 0 spiro atoms. The Balaban J connectivity index is 1.13. The second-order valence-corrected chi connectivity index (χ2v) is 15.0. The lowest BCUT2D eigenvalue weighted by Crippen LogP contribution is -2.50. The fraction of sp³-hybridized carbons (Fsp3) is 0.917. The van der Waals surface area contributed by atoms with Gasteiger partial charge in [-0.3, -0.25) is 4.79 Å². The third kappa shape index (κ3) is 6.10. The van der Waals surface area contributed by atoms with Gasteiger partial charge in [0, 0.05) is 12.8 Å². The summed E-state index contributed by atoms with van der Waals surface area (Å²) in [6.07, 6.45) is 31.8. The van der Waals surface area contributed by atoms with E-state index in [1.54, 1.807) is 5.57 Å². The molecule has 7 atom stereocenters. The molecule has 0 aromatic carbocycles. The molecule has 0 saturated heterocycles. The van der Waals surface area contributed by atoms with Crippen molar-refractivity contribution >= 4 is 5.97 Å². The number of rotatable bonds is 11. The van der Waals surface area contributed by atoms with E-state index < -0.39 is 0 Å². The van der Waals surface area contributed by atoms with Crippen molar-refractivity contribution in [2.75, 3.05) is 0 Å². The Labute approximate surface area is 235 Å². The van der Waals surface area contributed by atoms with Crippen molar-refractivity contribution in [3.05, 3.63) is 11.6 Å². The normalized spacial score (nSPS) is 39.1. The topological polar surface area (TPSA) is 26.3 Å². The van der Waals surface area contributed by atoms with Crippen LogP contribution >= 0.6 is 0 Å². The van der Waals surface area contributed by atoms with Crippen molar-refractivity contribution in [1.29, 1.82) is 0 Å². The highest BCUT2D eigenvalue weighted by molar-refractivity contribution is 5.69. The number of carbonyl (C=O) groups is 1. The predicted molar refractivity (Wildman–Crippen MR) is 159 cm³/mol. The Bertz CT molecular complexity index is 808. The molecule has 216 valence electrons. The quantitative estimate of drug-likeness (QED) is 0.153. The minimum Gasteiger partial charge on any atom is -0.462 e. The summed E-state index contributed by atoms with van der Waals surface area (Å²) in [5.41, 5.74) is 2.60. The molecular weight excluding hydrogens is 464 g/mol. The van der Waals surface area contributed by atoms with Crippen LogP contribution in [0.4, 0.5) is 0 Å². The molecule has 0 heterocycles. The molecular formula is C36H60O2. The predicted octanol–water partition coefficient (Wildman–Crippen LogP) is 10.6. The van der Waals surface area contributed by atoms with Crippen LogP contribution in [0.1, 0.15) is 162 Å². The van der Waals surface area contributed by atoms with E-state index in [4.69, 9.17) is 4.74 Å². The first-order valence-corrected chi connectivity index (χ1v) is 17.3. The van der Waals surface area contributed by atoms with Gasteiger partial charge in [0.05, 0.1) is 0 Å². The van der Waals surface area contributed by atoms with Crippen molar-refractivity contribution in [1.82, 2.24) is 0 Å². The van der Waals surface area contributed by atoms with Gasteiger partial charge in [0.1, 0.15) is 6.10 Å². The van der Waals surface area contributed by atoms with Crippen molar-refractivity contribution < 1.29 is 9.53 Å². The molecule has 38 heavy (non-hydrogen) atoms. The maximum atomic E-state index is 12.7. The van der Waals surface area contributed by atoms with Gasteiger partial charge >= 0.3 is 5.97 Å². The van der Waals surface area contributed by atoms with E-state index in [-0.39, 0.29) is 12.1 Å². The fourth-order valence-electron chi connectivity index (χ4n) is 10.5. The van der Waals surface area contributed by atoms with Crippen LogP contribution in [0.2, 0.25) is 0 Å². The van der Waals surface area contributed by atoms with Gasteiger partial charge in [-0.25, -0.2) is 0 Å². The lowest BCUT2D eigenvalue weighted by molar-refractivity contribution is -0.152. The smallest absolute Gasteiger partial charge is 0.306 e. The second kappa shape index (κ2) is 12.8. The zero-order chi connectivity index (χ0) is 26.6. The summed E-state index contributed by atoms with van der Waals surface area (Å²) >= 11 is 0. The summed E-state index contributed by atoms with van der Waals surface area (Å²) < 4.78 is 6.10. The number of hydrogen-bond acceptors (Lipinski definition) is 2. The van der Waals surface area contributed by atoms with Gasteiger partial charge < -0.3 is 4.74 Å². The first kappa shape index (κ1) is 28.7. The molecule has 0 aromatic heterocycles.